The summed E-state index contributed by atoms with van der Waals surface area (Å²) in [7, 11) is 0. The van der Waals surface area contributed by atoms with Crippen LogP contribution in [0.15, 0.2) is 48.5 Å². The number of nitrogens with one attached hydrogen (secondary N) is 2. The van der Waals surface area contributed by atoms with Gasteiger partial charge in [0.1, 0.15) is 6.04 Å². The molecule has 2 N–H and O–H groups in total. The van der Waals surface area contributed by atoms with E-state index in [4.69, 9.17) is 23.2 Å². The van der Waals surface area contributed by atoms with E-state index in [2.05, 4.69) is 10.6 Å². The van der Waals surface area contributed by atoms with Gasteiger partial charge in [-0.25, -0.2) is 0 Å². The minimum absolute atomic E-state index is 0.111. The van der Waals surface area contributed by atoms with E-state index in [9.17, 15) is 4.79 Å². The molecule has 0 saturated carbocycles. The third-order valence-electron chi connectivity index (χ3n) is 3.02. The van der Waals surface area contributed by atoms with Crippen molar-refractivity contribution in [1.29, 1.82) is 0 Å². The Labute approximate surface area is 134 Å². The van der Waals surface area contributed by atoms with Crippen molar-refractivity contribution >= 4 is 40.5 Å². The Hall–Kier alpha value is -1.71. The Morgan fingerprint density at radius 3 is 2.52 bits per heavy atom. The molecule has 21 heavy (non-hydrogen) atoms. The third kappa shape index (κ3) is 4.38. The van der Waals surface area contributed by atoms with Gasteiger partial charge in [0.2, 0.25) is 5.91 Å². The molecule has 0 aliphatic heterocycles. The number of anilines is 2. The minimum atomic E-state index is -0.388. The predicted octanol–water partition coefficient (Wildman–Crippen LogP) is 4.82. The highest BCUT2D eigenvalue weighted by Gasteiger charge is 2.17. The van der Waals surface area contributed by atoms with Gasteiger partial charge in [-0.1, -0.05) is 48.3 Å². The van der Waals surface area contributed by atoms with Gasteiger partial charge in [0.05, 0.1) is 10.7 Å². The van der Waals surface area contributed by atoms with Crippen LogP contribution in [0.2, 0.25) is 10.0 Å². The molecule has 0 aliphatic rings. The zero-order chi connectivity index (χ0) is 15.2. The molecule has 0 bridgehead atoms. The first-order valence-electron chi connectivity index (χ1n) is 6.67. The quantitative estimate of drug-likeness (QED) is 0.828. The molecule has 0 spiro atoms. The van der Waals surface area contributed by atoms with E-state index in [1.807, 2.05) is 37.3 Å². The molecule has 0 heterocycles. The van der Waals surface area contributed by atoms with Crippen LogP contribution in [0.1, 0.15) is 13.3 Å². The first kappa shape index (κ1) is 15.7. The van der Waals surface area contributed by atoms with Crippen molar-refractivity contribution in [2.24, 2.45) is 0 Å². The predicted molar refractivity (Wildman–Crippen MR) is 89.2 cm³/mol. The number of benzene rings is 2. The van der Waals surface area contributed by atoms with Crippen molar-refractivity contribution in [3.05, 3.63) is 58.6 Å². The zero-order valence-corrected chi connectivity index (χ0v) is 13.1. The average molecular weight is 323 g/mol. The van der Waals surface area contributed by atoms with Crippen LogP contribution in [0, 0.1) is 0 Å². The monoisotopic (exact) mass is 322 g/mol. The van der Waals surface area contributed by atoms with E-state index in [1.165, 1.54) is 0 Å². The Kier molecular flexibility index (Phi) is 5.48. The molecule has 110 valence electrons. The molecule has 2 aromatic rings. The summed E-state index contributed by atoms with van der Waals surface area (Å²) >= 11 is 12.1. The number of carbonyl (C=O) groups is 1. The first-order chi connectivity index (χ1) is 10.1. The Bertz CT molecular complexity index is 617. The number of carbonyl (C=O) groups excluding carboxylic acids is 1. The second-order valence-corrected chi connectivity index (χ2v) is 5.43. The fraction of sp³-hybridized carbons (Fsp3) is 0.188. The number of rotatable bonds is 5. The summed E-state index contributed by atoms with van der Waals surface area (Å²) in [5.74, 6) is -0.111. The Morgan fingerprint density at radius 1 is 1.14 bits per heavy atom. The van der Waals surface area contributed by atoms with Gasteiger partial charge in [-0.3, -0.25) is 4.79 Å². The molecule has 0 radical (unpaired) electrons. The molecular weight excluding hydrogens is 307 g/mol. The van der Waals surface area contributed by atoms with E-state index in [0.717, 1.165) is 5.69 Å². The summed E-state index contributed by atoms with van der Waals surface area (Å²) in [6.45, 7) is 1.93. The lowest BCUT2D eigenvalue weighted by Crippen LogP contribution is -2.34. The lowest BCUT2D eigenvalue weighted by Gasteiger charge is -2.19. The summed E-state index contributed by atoms with van der Waals surface area (Å²) in [4.78, 5) is 12.3. The van der Waals surface area contributed by atoms with Crippen LogP contribution >= 0.6 is 23.2 Å². The lowest BCUT2D eigenvalue weighted by molar-refractivity contribution is -0.116. The molecule has 0 aromatic heterocycles. The topological polar surface area (TPSA) is 41.1 Å². The van der Waals surface area contributed by atoms with Gasteiger partial charge in [0, 0.05) is 10.7 Å². The van der Waals surface area contributed by atoms with Gasteiger partial charge in [0.25, 0.3) is 0 Å². The van der Waals surface area contributed by atoms with Crippen molar-refractivity contribution in [2.75, 3.05) is 10.6 Å². The smallest absolute Gasteiger partial charge is 0.246 e. The zero-order valence-electron chi connectivity index (χ0n) is 11.6. The van der Waals surface area contributed by atoms with E-state index < -0.39 is 0 Å². The molecule has 1 amide bonds. The molecule has 0 aliphatic carbocycles. The van der Waals surface area contributed by atoms with Crippen LogP contribution in [-0.4, -0.2) is 11.9 Å². The first-order valence-corrected chi connectivity index (χ1v) is 7.43. The number of amides is 1. The van der Waals surface area contributed by atoms with Crippen LogP contribution in [0.5, 0.6) is 0 Å². The van der Waals surface area contributed by atoms with Gasteiger partial charge in [-0.05, 0) is 36.8 Å². The maximum absolute atomic E-state index is 12.3. The highest BCUT2D eigenvalue weighted by atomic mass is 35.5. The Morgan fingerprint density at radius 2 is 1.86 bits per heavy atom. The van der Waals surface area contributed by atoms with E-state index in [-0.39, 0.29) is 11.9 Å². The molecule has 2 rings (SSSR count). The molecule has 0 unspecified atom stereocenters. The molecule has 5 heteroatoms. The van der Waals surface area contributed by atoms with Crippen molar-refractivity contribution in [2.45, 2.75) is 19.4 Å². The lowest BCUT2D eigenvalue weighted by atomic mass is 10.2. The molecule has 1 atom stereocenters. The molecular formula is C16H16Cl2N2O. The highest BCUT2D eigenvalue weighted by Crippen LogP contribution is 2.26. The molecule has 0 saturated heterocycles. The van der Waals surface area contributed by atoms with E-state index in [1.54, 1.807) is 18.2 Å². The van der Waals surface area contributed by atoms with Crippen LogP contribution in [0.25, 0.3) is 0 Å². The molecule has 0 fully saturated rings. The van der Waals surface area contributed by atoms with Gasteiger partial charge in [-0.15, -0.1) is 0 Å². The number of hydrogen-bond acceptors (Lipinski definition) is 2. The third-order valence-corrected chi connectivity index (χ3v) is 3.59. The number of halogens is 2. The minimum Gasteiger partial charge on any atom is -0.372 e. The normalized spacial score (nSPS) is 11.8. The van der Waals surface area contributed by atoms with Crippen LogP contribution < -0.4 is 10.6 Å². The van der Waals surface area contributed by atoms with Crippen molar-refractivity contribution in [3.8, 4) is 0 Å². The summed E-state index contributed by atoms with van der Waals surface area (Å²) in [6, 6.07) is 14.1. The maximum Gasteiger partial charge on any atom is 0.246 e. The van der Waals surface area contributed by atoms with Crippen LogP contribution in [-0.2, 0) is 4.79 Å². The van der Waals surface area contributed by atoms with Crippen LogP contribution in [0.4, 0.5) is 11.4 Å². The average Bonchev–Trinajstić information content (AvgIpc) is 2.49. The summed E-state index contributed by atoms with van der Waals surface area (Å²) in [5.41, 5.74) is 1.42. The van der Waals surface area contributed by atoms with E-state index >= 15 is 0 Å². The number of hydrogen-bond donors (Lipinski definition) is 2. The second-order valence-electron chi connectivity index (χ2n) is 4.58. The standard InChI is InChI=1S/C16H16Cl2N2O/c1-2-14(16(21)19-12-6-4-3-5-7-12)20-15-10-11(17)8-9-13(15)18/h3-10,14,20H,2H2,1H3,(H,19,21)/t14-/m1/s1. The Balaban J connectivity index is 2.09. The van der Waals surface area contributed by atoms with Crippen molar-refractivity contribution in [3.63, 3.8) is 0 Å². The van der Waals surface area contributed by atoms with Crippen LogP contribution in [0.3, 0.4) is 0 Å². The van der Waals surface area contributed by atoms with Gasteiger partial charge in [-0.2, -0.15) is 0 Å². The molecule has 3 nitrogen and oxygen atoms in total. The van der Waals surface area contributed by atoms with Crippen molar-refractivity contribution < 1.29 is 4.79 Å². The number of para-hydroxylation sites is 1. The maximum atomic E-state index is 12.3. The van der Waals surface area contributed by atoms with Gasteiger partial charge >= 0.3 is 0 Å². The van der Waals surface area contributed by atoms with E-state index in [0.29, 0.717) is 22.2 Å². The fourth-order valence-electron chi connectivity index (χ4n) is 1.90. The highest BCUT2D eigenvalue weighted by molar-refractivity contribution is 6.35. The largest absolute Gasteiger partial charge is 0.372 e. The second kappa shape index (κ2) is 7.34. The fourth-order valence-corrected chi connectivity index (χ4v) is 2.24. The molecule has 2 aromatic carbocycles. The summed E-state index contributed by atoms with van der Waals surface area (Å²) < 4.78 is 0. The van der Waals surface area contributed by atoms with Crippen molar-refractivity contribution in [1.82, 2.24) is 0 Å². The summed E-state index contributed by atoms with van der Waals surface area (Å²) in [6.07, 6.45) is 0.626. The SMILES string of the molecule is CC[C@@H](Nc1cc(Cl)ccc1Cl)C(=O)Nc1ccccc1. The summed E-state index contributed by atoms with van der Waals surface area (Å²) in [5, 5.41) is 7.10. The van der Waals surface area contributed by atoms with Gasteiger partial charge in [0.15, 0.2) is 0 Å². The van der Waals surface area contributed by atoms with Gasteiger partial charge < -0.3 is 10.6 Å².